The number of thioether (sulfide) groups is 1. The number of para-hydroxylation sites is 1. The van der Waals surface area contributed by atoms with Gasteiger partial charge >= 0.3 is 0 Å². The number of benzene rings is 3. The van der Waals surface area contributed by atoms with Crippen molar-refractivity contribution in [1.29, 1.82) is 0 Å². The van der Waals surface area contributed by atoms with Crippen LogP contribution in [0.25, 0.3) is 17.1 Å². The molecule has 0 aliphatic heterocycles. The van der Waals surface area contributed by atoms with Gasteiger partial charge in [0.15, 0.2) is 22.5 Å². The van der Waals surface area contributed by atoms with Gasteiger partial charge < -0.3 is 9.47 Å². The molecule has 8 nitrogen and oxygen atoms in total. The summed E-state index contributed by atoms with van der Waals surface area (Å²) in [6, 6.07) is 22.4. The molecule has 4 aromatic rings. The van der Waals surface area contributed by atoms with Gasteiger partial charge in [-0.1, -0.05) is 53.7 Å². The lowest BCUT2D eigenvalue weighted by Crippen LogP contribution is -2.20. The summed E-state index contributed by atoms with van der Waals surface area (Å²) in [5, 5.41) is 13.9. The van der Waals surface area contributed by atoms with Crippen LogP contribution in [-0.2, 0) is 4.79 Å². The maximum absolute atomic E-state index is 12.4. The normalized spacial score (nSPS) is 10.9. The maximum Gasteiger partial charge on any atom is 0.250 e. The lowest BCUT2D eigenvalue weighted by atomic mass is 10.2. The molecule has 0 aliphatic rings. The Morgan fingerprint density at radius 1 is 1.03 bits per heavy atom. The third-order valence-electron chi connectivity index (χ3n) is 4.87. The van der Waals surface area contributed by atoms with E-state index in [4.69, 9.17) is 21.1 Å². The van der Waals surface area contributed by atoms with Crippen molar-refractivity contribution < 1.29 is 14.3 Å². The molecule has 1 aromatic heterocycles. The average Bonchev–Trinajstić information content (AvgIpc) is 3.31. The second-order valence-corrected chi connectivity index (χ2v) is 8.56. The van der Waals surface area contributed by atoms with Crippen molar-refractivity contribution in [1.82, 2.24) is 20.2 Å². The van der Waals surface area contributed by atoms with Gasteiger partial charge in [0, 0.05) is 16.3 Å². The van der Waals surface area contributed by atoms with Gasteiger partial charge in [0.1, 0.15) is 0 Å². The zero-order chi connectivity index (χ0) is 24.6. The van der Waals surface area contributed by atoms with E-state index in [0.717, 1.165) is 16.8 Å². The fourth-order valence-corrected chi connectivity index (χ4v) is 4.21. The van der Waals surface area contributed by atoms with Crippen molar-refractivity contribution in [3.63, 3.8) is 0 Å². The topological polar surface area (TPSA) is 90.6 Å². The number of hydrogen-bond acceptors (Lipinski definition) is 7. The molecule has 0 aliphatic carbocycles. The smallest absolute Gasteiger partial charge is 0.250 e. The number of halogens is 1. The molecule has 3 aromatic carbocycles. The maximum atomic E-state index is 12.4. The van der Waals surface area contributed by atoms with Crippen LogP contribution in [0.1, 0.15) is 5.56 Å². The van der Waals surface area contributed by atoms with Gasteiger partial charge in [-0.15, -0.1) is 10.2 Å². The number of hydrogen-bond donors (Lipinski definition) is 1. The van der Waals surface area contributed by atoms with E-state index in [1.54, 1.807) is 26.4 Å². The molecule has 0 spiro atoms. The number of methoxy groups -OCH3 is 2. The first-order chi connectivity index (χ1) is 17.1. The van der Waals surface area contributed by atoms with Gasteiger partial charge in [0.2, 0.25) is 0 Å². The summed E-state index contributed by atoms with van der Waals surface area (Å²) in [6.45, 7) is 0. The molecule has 1 amide bonds. The number of nitrogens with zero attached hydrogens (tertiary/aromatic N) is 4. The molecule has 4 rings (SSSR count). The largest absolute Gasteiger partial charge is 0.493 e. The van der Waals surface area contributed by atoms with Gasteiger partial charge in [-0.2, -0.15) is 5.10 Å². The van der Waals surface area contributed by atoms with Crippen molar-refractivity contribution in [2.24, 2.45) is 5.10 Å². The molecule has 0 radical (unpaired) electrons. The van der Waals surface area contributed by atoms with Crippen LogP contribution in [0.5, 0.6) is 11.5 Å². The first-order valence-electron chi connectivity index (χ1n) is 10.5. The molecule has 0 bridgehead atoms. The van der Waals surface area contributed by atoms with Gasteiger partial charge in [0.25, 0.3) is 5.91 Å². The highest BCUT2D eigenvalue weighted by Crippen LogP contribution is 2.34. The van der Waals surface area contributed by atoms with Crippen molar-refractivity contribution in [2.45, 2.75) is 5.16 Å². The first-order valence-corrected chi connectivity index (χ1v) is 11.9. The van der Waals surface area contributed by atoms with E-state index in [9.17, 15) is 4.79 Å². The third kappa shape index (κ3) is 6.00. The van der Waals surface area contributed by atoms with Crippen molar-refractivity contribution in [2.75, 3.05) is 20.0 Å². The van der Waals surface area contributed by atoms with Crippen LogP contribution in [0.3, 0.4) is 0 Å². The average molecular weight is 508 g/mol. The molecule has 0 unspecified atom stereocenters. The Bertz CT molecular complexity index is 1340. The molecule has 178 valence electrons. The van der Waals surface area contributed by atoms with E-state index in [1.165, 1.54) is 18.0 Å². The molecule has 1 N–H and O–H groups in total. The zero-order valence-electron chi connectivity index (χ0n) is 19.0. The zero-order valence-corrected chi connectivity index (χ0v) is 20.6. The number of amides is 1. The van der Waals surface area contributed by atoms with E-state index >= 15 is 0 Å². The van der Waals surface area contributed by atoms with Crippen molar-refractivity contribution in [3.05, 3.63) is 83.4 Å². The van der Waals surface area contributed by atoms with E-state index in [-0.39, 0.29) is 11.7 Å². The predicted molar refractivity (Wildman–Crippen MR) is 138 cm³/mol. The number of aromatic nitrogens is 3. The molecule has 0 saturated heterocycles. The van der Waals surface area contributed by atoms with Crippen LogP contribution in [0.4, 0.5) is 0 Å². The van der Waals surface area contributed by atoms with Crippen LogP contribution < -0.4 is 14.9 Å². The highest BCUT2D eigenvalue weighted by molar-refractivity contribution is 7.99. The van der Waals surface area contributed by atoms with Crippen molar-refractivity contribution in [3.8, 4) is 28.6 Å². The number of carbonyl (C=O) groups excluding carboxylic acids is 1. The van der Waals surface area contributed by atoms with Gasteiger partial charge in [-0.3, -0.25) is 9.36 Å². The lowest BCUT2D eigenvalue weighted by Gasteiger charge is -2.12. The Labute approximate surface area is 211 Å². The summed E-state index contributed by atoms with van der Waals surface area (Å²) in [6.07, 6.45) is 1.54. The van der Waals surface area contributed by atoms with E-state index < -0.39 is 0 Å². The Kier molecular flexibility index (Phi) is 8.02. The highest BCUT2D eigenvalue weighted by Gasteiger charge is 2.18. The fraction of sp³-hybridized carbons (Fsp3) is 0.120. The molecule has 0 fully saturated rings. The summed E-state index contributed by atoms with van der Waals surface area (Å²) < 4.78 is 12.7. The fourth-order valence-electron chi connectivity index (χ4n) is 3.26. The standard InChI is InChI=1S/C25H22ClN5O3S/c1-33-21-12-11-18(14-22(21)34-2)24-29-30-25(31(24)20-9-4-3-5-10-20)35-16-23(32)28-27-15-17-7-6-8-19(26)13-17/h3-15H,16H2,1-2H3,(H,28,32)/b27-15-. The number of carbonyl (C=O) groups is 1. The minimum atomic E-state index is -0.274. The van der Waals surface area contributed by atoms with Gasteiger partial charge in [0.05, 0.1) is 26.2 Å². The Morgan fingerprint density at radius 3 is 2.57 bits per heavy atom. The van der Waals surface area contributed by atoms with Crippen LogP contribution in [0, 0.1) is 0 Å². The summed E-state index contributed by atoms with van der Waals surface area (Å²) in [5.41, 5.74) is 4.97. The first kappa shape index (κ1) is 24.3. The molecule has 10 heteroatoms. The molecular formula is C25H22ClN5O3S. The summed E-state index contributed by atoms with van der Waals surface area (Å²) >= 11 is 7.22. The Hall–Kier alpha value is -3.82. The Morgan fingerprint density at radius 2 is 1.83 bits per heavy atom. The molecular weight excluding hydrogens is 486 g/mol. The second-order valence-electron chi connectivity index (χ2n) is 7.18. The lowest BCUT2D eigenvalue weighted by molar-refractivity contribution is -0.118. The van der Waals surface area contributed by atoms with E-state index in [1.807, 2.05) is 65.2 Å². The summed E-state index contributed by atoms with van der Waals surface area (Å²) in [4.78, 5) is 12.4. The molecule has 0 atom stereocenters. The SMILES string of the molecule is COc1ccc(-c2nnc(SCC(=O)N/N=C\c3cccc(Cl)c3)n2-c2ccccc2)cc1OC. The van der Waals surface area contributed by atoms with Gasteiger partial charge in [-0.05, 0) is 48.0 Å². The molecule has 35 heavy (non-hydrogen) atoms. The van der Waals surface area contributed by atoms with Crippen molar-refractivity contribution >= 4 is 35.5 Å². The minimum Gasteiger partial charge on any atom is -0.493 e. The van der Waals surface area contributed by atoms with E-state index in [0.29, 0.717) is 27.5 Å². The monoisotopic (exact) mass is 507 g/mol. The van der Waals surface area contributed by atoms with Crippen LogP contribution in [0.15, 0.2) is 83.1 Å². The van der Waals surface area contributed by atoms with Crippen LogP contribution in [0.2, 0.25) is 5.02 Å². The third-order valence-corrected chi connectivity index (χ3v) is 6.04. The highest BCUT2D eigenvalue weighted by atomic mass is 35.5. The predicted octanol–water partition coefficient (Wildman–Crippen LogP) is 4.85. The number of hydrazone groups is 1. The molecule has 1 heterocycles. The molecule has 0 saturated carbocycles. The number of ether oxygens (including phenoxy) is 2. The number of rotatable bonds is 9. The van der Waals surface area contributed by atoms with Crippen LogP contribution >= 0.6 is 23.4 Å². The quantitative estimate of drug-likeness (QED) is 0.198. The Balaban J connectivity index is 1.54. The van der Waals surface area contributed by atoms with E-state index in [2.05, 4.69) is 20.7 Å². The summed E-state index contributed by atoms with van der Waals surface area (Å²) in [5.74, 6) is 1.64. The van der Waals surface area contributed by atoms with Gasteiger partial charge in [-0.25, -0.2) is 5.43 Å². The summed E-state index contributed by atoms with van der Waals surface area (Å²) in [7, 11) is 3.17. The van der Waals surface area contributed by atoms with Crippen LogP contribution in [-0.4, -0.2) is 46.9 Å². The number of nitrogens with one attached hydrogen (secondary N) is 1. The second kappa shape index (κ2) is 11.5. The minimum absolute atomic E-state index is 0.101.